The van der Waals surface area contributed by atoms with Gasteiger partial charge in [-0.25, -0.2) is 9.37 Å². The van der Waals surface area contributed by atoms with E-state index in [1.807, 2.05) is 36.7 Å². The summed E-state index contributed by atoms with van der Waals surface area (Å²) in [6.45, 7) is 4.26. The summed E-state index contributed by atoms with van der Waals surface area (Å²) in [5, 5.41) is 6.37. The highest BCUT2D eigenvalue weighted by Gasteiger charge is 2.40. The fourth-order valence-electron chi connectivity index (χ4n) is 5.33. The van der Waals surface area contributed by atoms with Crippen LogP contribution < -0.4 is 0 Å². The quantitative estimate of drug-likeness (QED) is 0.335. The van der Waals surface area contributed by atoms with Crippen molar-refractivity contribution >= 4 is 33.6 Å². The molecule has 5 aromatic rings. The van der Waals surface area contributed by atoms with E-state index in [1.54, 1.807) is 18.5 Å². The van der Waals surface area contributed by atoms with E-state index in [0.717, 1.165) is 70.1 Å². The molecule has 0 saturated heterocycles. The van der Waals surface area contributed by atoms with Crippen LogP contribution in [-0.4, -0.2) is 37.1 Å². The molecule has 35 heavy (non-hydrogen) atoms. The Morgan fingerprint density at radius 3 is 2.86 bits per heavy atom. The number of carbonyl (C=O) groups excluding carboxylic acids is 1. The van der Waals surface area contributed by atoms with Gasteiger partial charge >= 0.3 is 5.97 Å². The van der Waals surface area contributed by atoms with Crippen molar-refractivity contribution in [2.24, 2.45) is 5.41 Å². The highest BCUT2D eigenvalue weighted by Crippen LogP contribution is 2.45. The van der Waals surface area contributed by atoms with Crippen LogP contribution in [0, 0.1) is 11.2 Å². The van der Waals surface area contributed by atoms with E-state index in [4.69, 9.17) is 9.72 Å². The summed E-state index contributed by atoms with van der Waals surface area (Å²) in [7, 11) is 0. The number of hydrogen-bond acceptors (Lipinski definition) is 5. The third-order valence-corrected chi connectivity index (χ3v) is 7.38. The van der Waals surface area contributed by atoms with Crippen LogP contribution in [0.25, 0.3) is 38.7 Å². The highest BCUT2D eigenvalue weighted by atomic mass is 19.1. The van der Waals surface area contributed by atoms with Gasteiger partial charge in [0.1, 0.15) is 11.5 Å². The van der Waals surface area contributed by atoms with Crippen LogP contribution in [-0.2, 0) is 9.53 Å². The largest absolute Gasteiger partial charge is 0.466 e. The molecule has 1 aliphatic carbocycles. The lowest BCUT2D eigenvalue weighted by molar-refractivity contribution is -0.156. The SMILES string of the molecule is CCOC(=O)C1(C)CCC(c2nc3c(-c4cnc5ccc(F)cc5c4)cnn3c3[nH]ccc23)CC1. The molecule has 0 bridgehead atoms. The Morgan fingerprint density at radius 1 is 1.23 bits per heavy atom. The minimum atomic E-state index is -0.443. The van der Waals surface area contributed by atoms with Gasteiger partial charge in [0.25, 0.3) is 0 Å². The minimum absolute atomic E-state index is 0.105. The van der Waals surface area contributed by atoms with Gasteiger partial charge < -0.3 is 9.72 Å². The zero-order valence-electron chi connectivity index (χ0n) is 19.7. The van der Waals surface area contributed by atoms with E-state index in [1.165, 1.54) is 12.1 Å². The molecule has 7 nitrogen and oxygen atoms in total. The van der Waals surface area contributed by atoms with Gasteiger partial charge in [0, 0.05) is 40.2 Å². The molecular weight excluding hydrogens is 445 g/mol. The first kappa shape index (κ1) is 21.7. The van der Waals surface area contributed by atoms with Gasteiger partial charge in [-0.2, -0.15) is 9.61 Å². The van der Waals surface area contributed by atoms with Crippen LogP contribution in [0.15, 0.2) is 48.9 Å². The molecule has 1 aliphatic rings. The number of aromatic amines is 1. The van der Waals surface area contributed by atoms with Crippen molar-refractivity contribution in [1.82, 2.24) is 24.6 Å². The number of nitrogens with zero attached hydrogens (tertiary/aromatic N) is 4. The molecule has 0 radical (unpaired) electrons. The number of fused-ring (bicyclic) bond motifs is 4. The molecule has 0 atom stereocenters. The minimum Gasteiger partial charge on any atom is -0.466 e. The molecule has 8 heteroatoms. The lowest BCUT2D eigenvalue weighted by Gasteiger charge is -2.35. The summed E-state index contributed by atoms with van der Waals surface area (Å²) in [6.07, 6.45) is 8.72. The van der Waals surface area contributed by atoms with Crippen LogP contribution in [0.2, 0.25) is 0 Å². The van der Waals surface area contributed by atoms with Crippen LogP contribution in [0.3, 0.4) is 0 Å². The Labute approximate surface area is 201 Å². The highest BCUT2D eigenvalue weighted by molar-refractivity contribution is 5.89. The van der Waals surface area contributed by atoms with E-state index in [2.05, 4.69) is 15.1 Å². The second kappa shape index (κ2) is 8.15. The number of ether oxygens (including phenoxy) is 1. The van der Waals surface area contributed by atoms with Crippen LogP contribution in [0.5, 0.6) is 0 Å². The molecule has 1 N–H and O–H groups in total. The molecular formula is C27H26FN5O2. The van der Waals surface area contributed by atoms with Gasteiger partial charge in [-0.15, -0.1) is 0 Å². The van der Waals surface area contributed by atoms with E-state index in [-0.39, 0.29) is 17.7 Å². The van der Waals surface area contributed by atoms with Crippen molar-refractivity contribution in [3.8, 4) is 11.1 Å². The van der Waals surface area contributed by atoms with Crippen molar-refractivity contribution in [2.75, 3.05) is 6.61 Å². The first-order chi connectivity index (χ1) is 17.0. The molecule has 0 unspecified atom stereocenters. The molecule has 178 valence electrons. The lowest BCUT2D eigenvalue weighted by atomic mass is 9.70. The smallest absolute Gasteiger partial charge is 0.311 e. The van der Waals surface area contributed by atoms with E-state index < -0.39 is 5.41 Å². The average molecular weight is 472 g/mol. The zero-order valence-corrected chi connectivity index (χ0v) is 19.7. The normalized spacial score (nSPS) is 20.6. The maximum Gasteiger partial charge on any atom is 0.311 e. The fourth-order valence-corrected chi connectivity index (χ4v) is 5.33. The Hall–Kier alpha value is -3.81. The lowest BCUT2D eigenvalue weighted by Crippen LogP contribution is -2.34. The van der Waals surface area contributed by atoms with Gasteiger partial charge in [0.05, 0.1) is 29.4 Å². The fraction of sp³-hybridized carbons (Fsp3) is 0.333. The number of carbonyl (C=O) groups is 1. The number of benzene rings is 1. The van der Waals surface area contributed by atoms with Gasteiger partial charge in [-0.1, -0.05) is 0 Å². The Balaban J connectivity index is 1.42. The number of H-pyrrole nitrogens is 1. The third-order valence-electron chi connectivity index (χ3n) is 7.38. The Morgan fingerprint density at radius 2 is 2.06 bits per heavy atom. The summed E-state index contributed by atoms with van der Waals surface area (Å²) >= 11 is 0. The molecule has 0 aliphatic heterocycles. The summed E-state index contributed by atoms with van der Waals surface area (Å²) in [5.41, 5.74) is 4.59. The number of esters is 1. The zero-order chi connectivity index (χ0) is 24.2. The predicted molar refractivity (Wildman–Crippen MR) is 131 cm³/mol. The van der Waals surface area contributed by atoms with Crippen LogP contribution >= 0.6 is 0 Å². The molecule has 4 heterocycles. The molecule has 1 aromatic carbocycles. The second-order valence-corrected chi connectivity index (χ2v) is 9.65. The maximum atomic E-state index is 13.8. The first-order valence-electron chi connectivity index (χ1n) is 12.0. The topological polar surface area (TPSA) is 85.2 Å². The van der Waals surface area contributed by atoms with Gasteiger partial charge in [-0.05, 0) is 69.9 Å². The second-order valence-electron chi connectivity index (χ2n) is 9.65. The van der Waals surface area contributed by atoms with Crippen molar-refractivity contribution in [3.05, 3.63) is 60.4 Å². The number of pyridine rings is 1. The third kappa shape index (κ3) is 3.55. The van der Waals surface area contributed by atoms with Crippen molar-refractivity contribution < 1.29 is 13.9 Å². The van der Waals surface area contributed by atoms with Crippen molar-refractivity contribution in [1.29, 1.82) is 0 Å². The van der Waals surface area contributed by atoms with Crippen molar-refractivity contribution in [2.45, 2.75) is 45.4 Å². The van der Waals surface area contributed by atoms with E-state index in [9.17, 15) is 9.18 Å². The van der Waals surface area contributed by atoms with Crippen LogP contribution in [0.4, 0.5) is 4.39 Å². The number of hydrogen-bond donors (Lipinski definition) is 1. The molecule has 4 aromatic heterocycles. The number of rotatable bonds is 4. The van der Waals surface area contributed by atoms with Crippen molar-refractivity contribution in [3.63, 3.8) is 0 Å². The Bertz CT molecular complexity index is 1580. The van der Waals surface area contributed by atoms with Gasteiger partial charge in [0.2, 0.25) is 0 Å². The number of aromatic nitrogens is 5. The molecule has 1 saturated carbocycles. The first-order valence-corrected chi connectivity index (χ1v) is 12.0. The summed E-state index contributed by atoms with van der Waals surface area (Å²) < 4.78 is 21.0. The Kier molecular flexibility index (Phi) is 5.05. The summed E-state index contributed by atoms with van der Waals surface area (Å²) in [4.78, 5) is 25.5. The monoisotopic (exact) mass is 471 g/mol. The standard InChI is InChI=1S/C27H26FN5O2/c1-3-35-26(34)27(2)9-6-16(7-10-27)23-20-8-11-29-24(20)33-25(32-23)21(15-31-33)18-12-17-13-19(28)4-5-22(17)30-14-18/h4-5,8,11-16,29H,3,6-7,9-10H2,1-2H3. The summed E-state index contributed by atoms with van der Waals surface area (Å²) in [5.74, 6) is -0.170. The summed E-state index contributed by atoms with van der Waals surface area (Å²) in [6, 6.07) is 8.54. The number of nitrogens with one attached hydrogen (secondary N) is 1. The molecule has 1 fully saturated rings. The molecule has 0 spiro atoms. The predicted octanol–water partition coefficient (Wildman–Crippen LogP) is 5.79. The molecule has 0 amide bonds. The van der Waals surface area contributed by atoms with E-state index >= 15 is 0 Å². The van der Waals surface area contributed by atoms with Gasteiger partial charge in [0.15, 0.2) is 5.65 Å². The van der Waals surface area contributed by atoms with Gasteiger partial charge in [-0.3, -0.25) is 9.78 Å². The van der Waals surface area contributed by atoms with Crippen LogP contribution in [0.1, 0.15) is 51.1 Å². The number of halogens is 1. The average Bonchev–Trinajstić information content (AvgIpc) is 3.51. The molecule has 6 rings (SSSR count). The van der Waals surface area contributed by atoms with E-state index in [0.29, 0.717) is 6.61 Å². The maximum absolute atomic E-state index is 13.8.